The molecule has 2 unspecified atom stereocenters. The minimum absolute atomic E-state index is 0.0146. The first kappa shape index (κ1) is 10.1. The van der Waals surface area contributed by atoms with Gasteiger partial charge in [0.15, 0.2) is 6.10 Å². The standard InChI is InChI=1S/C7H13NO2P2/c1-2-3-4-5-6(10-12)7(9)8(5)11/h3-6H,2,11-12H2,1H3/b4-3+/t5-,6+/m0/s1. The quantitative estimate of drug-likeness (QED) is 0.392. The van der Waals surface area contributed by atoms with Crippen LogP contribution in [0, 0.1) is 0 Å². The van der Waals surface area contributed by atoms with Gasteiger partial charge in [0, 0.05) is 9.47 Å². The van der Waals surface area contributed by atoms with Crippen molar-refractivity contribution in [1.29, 1.82) is 0 Å². The van der Waals surface area contributed by atoms with Gasteiger partial charge in [0.1, 0.15) is 0 Å². The highest BCUT2D eigenvalue weighted by Gasteiger charge is 2.43. The maximum Gasteiger partial charge on any atom is 0.258 e. The second-order valence-corrected chi connectivity index (χ2v) is 3.46. The van der Waals surface area contributed by atoms with Crippen molar-refractivity contribution < 1.29 is 9.32 Å². The molecule has 1 aliphatic heterocycles. The Morgan fingerprint density at radius 3 is 2.92 bits per heavy atom. The maximum atomic E-state index is 11.1. The molecular formula is C7H13NO2P2. The third-order valence-corrected chi connectivity index (χ3v) is 2.74. The Balaban J connectivity index is 2.54. The van der Waals surface area contributed by atoms with Crippen molar-refractivity contribution in [3.8, 4) is 0 Å². The lowest BCUT2D eigenvalue weighted by molar-refractivity contribution is -0.147. The molecule has 0 aliphatic carbocycles. The Bertz CT molecular complexity index is 208. The molecule has 68 valence electrons. The average Bonchev–Trinajstić information content (AvgIpc) is 2.10. The van der Waals surface area contributed by atoms with Crippen LogP contribution in [-0.2, 0) is 9.32 Å². The fourth-order valence-electron chi connectivity index (χ4n) is 1.11. The van der Waals surface area contributed by atoms with Gasteiger partial charge in [0.25, 0.3) is 5.91 Å². The Labute approximate surface area is 77.1 Å². The van der Waals surface area contributed by atoms with E-state index in [9.17, 15) is 4.79 Å². The molecule has 0 radical (unpaired) electrons. The van der Waals surface area contributed by atoms with Crippen LogP contribution in [0.3, 0.4) is 0 Å². The summed E-state index contributed by atoms with van der Waals surface area (Å²) < 4.78 is 6.54. The molecule has 0 aromatic heterocycles. The van der Waals surface area contributed by atoms with E-state index in [0.717, 1.165) is 6.42 Å². The third-order valence-electron chi connectivity index (χ3n) is 1.84. The number of amides is 1. The van der Waals surface area contributed by atoms with E-state index >= 15 is 0 Å². The molecule has 12 heavy (non-hydrogen) atoms. The predicted molar refractivity (Wildman–Crippen MR) is 54.4 cm³/mol. The first-order valence-electron chi connectivity index (χ1n) is 3.82. The SMILES string of the molecule is CC/C=C/[C@H]1[C@@H](OP)C(=O)N1P. The van der Waals surface area contributed by atoms with Crippen LogP contribution in [0.5, 0.6) is 0 Å². The molecule has 1 saturated heterocycles. The molecule has 0 bridgehead atoms. The zero-order valence-corrected chi connectivity index (χ0v) is 9.24. The van der Waals surface area contributed by atoms with E-state index in [2.05, 4.69) is 25.8 Å². The summed E-state index contributed by atoms with van der Waals surface area (Å²) in [7, 11) is 4.52. The number of rotatable bonds is 3. The average molecular weight is 205 g/mol. The van der Waals surface area contributed by atoms with Crippen LogP contribution < -0.4 is 0 Å². The normalized spacial score (nSPS) is 29.6. The monoisotopic (exact) mass is 205 g/mol. The van der Waals surface area contributed by atoms with Crippen LogP contribution in [0.25, 0.3) is 0 Å². The molecule has 1 amide bonds. The van der Waals surface area contributed by atoms with Crippen molar-refractivity contribution in [1.82, 2.24) is 4.67 Å². The molecule has 1 heterocycles. The Hall–Kier alpha value is 0.0300. The highest BCUT2D eigenvalue weighted by atomic mass is 31.0. The zero-order valence-electron chi connectivity index (χ0n) is 6.93. The number of allylic oxidation sites excluding steroid dienone is 1. The van der Waals surface area contributed by atoms with Gasteiger partial charge in [0.2, 0.25) is 0 Å². The summed E-state index contributed by atoms with van der Waals surface area (Å²) in [5.74, 6) is 0.0146. The van der Waals surface area contributed by atoms with E-state index in [0.29, 0.717) is 0 Å². The minimum Gasteiger partial charge on any atom is -0.350 e. The fraction of sp³-hybridized carbons (Fsp3) is 0.571. The van der Waals surface area contributed by atoms with Gasteiger partial charge in [0.05, 0.1) is 6.04 Å². The molecule has 0 saturated carbocycles. The van der Waals surface area contributed by atoms with Crippen molar-refractivity contribution in [3.05, 3.63) is 12.2 Å². The second kappa shape index (κ2) is 4.32. The largest absolute Gasteiger partial charge is 0.350 e. The van der Waals surface area contributed by atoms with Crippen LogP contribution >= 0.6 is 18.9 Å². The molecule has 3 nitrogen and oxygen atoms in total. The number of hydrogen-bond acceptors (Lipinski definition) is 2. The predicted octanol–water partition coefficient (Wildman–Crippen LogP) is 1.13. The van der Waals surface area contributed by atoms with Gasteiger partial charge >= 0.3 is 0 Å². The number of nitrogens with zero attached hydrogens (tertiary/aromatic N) is 1. The van der Waals surface area contributed by atoms with Crippen LogP contribution in [0.4, 0.5) is 0 Å². The van der Waals surface area contributed by atoms with Crippen molar-refractivity contribution in [2.45, 2.75) is 25.5 Å². The molecule has 1 fully saturated rings. The smallest absolute Gasteiger partial charge is 0.258 e. The van der Waals surface area contributed by atoms with Gasteiger partial charge in [-0.1, -0.05) is 19.1 Å². The Kier molecular flexibility index (Phi) is 3.64. The maximum absolute atomic E-state index is 11.1. The van der Waals surface area contributed by atoms with Crippen LogP contribution in [0.15, 0.2) is 12.2 Å². The molecule has 0 aromatic carbocycles. The van der Waals surface area contributed by atoms with E-state index < -0.39 is 0 Å². The van der Waals surface area contributed by atoms with Gasteiger partial charge in [-0.05, 0) is 15.8 Å². The van der Waals surface area contributed by atoms with E-state index in [4.69, 9.17) is 4.52 Å². The summed E-state index contributed by atoms with van der Waals surface area (Å²) in [6.07, 6.45) is 4.69. The summed E-state index contributed by atoms with van der Waals surface area (Å²) in [6, 6.07) is 0.0833. The molecule has 1 rings (SSSR count). The summed E-state index contributed by atoms with van der Waals surface area (Å²) in [5, 5.41) is 0. The van der Waals surface area contributed by atoms with Gasteiger partial charge < -0.3 is 9.19 Å². The second-order valence-electron chi connectivity index (χ2n) is 2.63. The number of carbonyl (C=O) groups is 1. The highest BCUT2D eigenvalue weighted by molar-refractivity contribution is 7.15. The zero-order chi connectivity index (χ0) is 9.14. The first-order valence-corrected chi connectivity index (χ1v) is 4.81. The summed E-state index contributed by atoms with van der Waals surface area (Å²) in [6.45, 7) is 2.06. The molecule has 0 aromatic rings. The molecule has 0 N–H and O–H groups in total. The van der Waals surface area contributed by atoms with Crippen molar-refractivity contribution in [2.75, 3.05) is 0 Å². The van der Waals surface area contributed by atoms with E-state index in [1.54, 1.807) is 4.67 Å². The van der Waals surface area contributed by atoms with Gasteiger partial charge in [-0.2, -0.15) is 0 Å². The fourth-order valence-corrected chi connectivity index (χ4v) is 1.79. The molecule has 0 spiro atoms. The molecule has 4 atom stereocenters. The van der Waals surface area contributed by atoms with Crippen LogP contribution in [0.1, 0.15) is 13.3 Å². The third kappa shape index (κ3) is 1.69. The number of carbonyl (C=O) groups excluding carboxylic acids is 1. The van der Waals surface area contributed by atoms with Crippen molar-refractivity contribution in [3.63, 3.8) is 0 Å². The van der Waals surface area contributed by atoms with E-state index in [1.165, 1.54) is 0 Å². The lowest BCUT2D eigenvalue weighted by Gasteiger charge is -2.41. The van der Waals surface area contributed by atoms with Crippen LogP contribution in [-0.4, -0.2) is 22.7 Å². The van der Waals surface area contributed by atoms with E-state index in [1.807, 2.05) is 12.2 Å². The van der Waals surface area contributed by atoms with Crippen molar-refractivity contribution in [2.24, 2.45) is 0 Å². The highest BCUT2D eigenvalue weighted by Crippen LogP contribution is 2.29. The first-order chi connectivity index (χ1) is 5.72. The summed E-state index contributed by atoms with van der Waals surface area (Å²) in [4.78, 5) is 11.1. The number of hydrogen-bond donors (Lipinski definition) is 0. The van der Waals surface area contributed by atoms with Gasteiger partial charge in [-0.15, -0.1) is 0 Å². The topological polar surface area (TPSA) is 29.5 Å². The molecular weight excluding hydrogens is 192 g/mol. The van der Waals surface area contributed by atoms with Gasteiger partial charge in [-0.25, -0.2) is 0 Å². The molecule has 1 aliphatic rings. The van der Waals surface area contributed by atoms with E-state index in [-0.39, 0.29) is 18.1 Å². The van der Waals surface area contributed by atoms with Gasteiger partial charge in [-0.3, -0.25) is 4.79 Å². The van der Waals surface area contributed by atoms with Crippen molar-refractivity contribution >= 4 is 24.8 Å². The Morgan fingerprint density at radius 2 is 2.42 bits per heavy atom. The minimum atomic E-state index is -0.310. The lowest BCUT2D eigenvalue weighted by atomic mass is 10.0. The molecule has 5 heteroatoms. The number of β-lactam (4-membered cyclic amide) rings is 1. The van der Waals surface area contributed by atoms with Crippen LogP contribution in [0.2, 0.25) is 0 Å². The summed E-state index contributed by atoms with van der Waals surface area (Å²) in [5.41, 5.74) is 0. The Morgan fingerprint density at radius 1 is 1.75 bits per heavy atom. The lowest BCUT2D eigenvalue weighted by Crippen LogP contribution is -2.59. The summed E-state index contributed by atoms with van der Waals surface area (Å²) >= 11 is 0.